The fourth-order valence-corrected chi connectivity index (χ4v) is 2.75. The highest BCUT2D eigenvalue weighted by Gasteiger charge is 2.29. The van der Waals surface area contributed by atoms with Gasteiger partial charge in [-0.2, -0.15) is 0 Å². The van der Waals surface area contributed by atoms with E-state index < -0.39 is 0 Å². The van der Waals surface area contributed by atoms with Crippen LogP contribution in [0.25, 0.3) is 0 Å². The van der Waals surface area contributed by atoms with Crippen molar-refractivity contribution in [1.29, 1.82) is 0 Å². The van der Waals surface area contributed by atoms with Crippen LogP contribution >= 0.6 is 24.0 Å². The van der Waals surface area contributed by atoms with Crippen LogP contribution in [0.5, 0.6) is 5.75 Å². The van der Waals surface area contributed by atoms with Crippen molar-refractivity contribution in [3.05, 3.63) is 29.8 Å². The van der Waals surface area contributed by atoms with Gasteiger partial charge in [0.2, 0.25) is 0 Å². The van der Waals surface area contributed by atoms with Crippen LogP contribution in [0, 0.1) is 0 Å². The highest BCUT2D eigenvalue weighted by molar-refractivity contribution is 14.0. The van der Waals surface area contributed by atoms with Crippen LogP contribution in [-0.2, 0) is 11.2 Å². The Balaban J connectivity index is 0.00000288. The lowest BCUT2D eigenvalue weighted by molar-refractivity contribution is 0.0243. The summed E-state index contributed by atoms with van der Waals surface area (Å²) < 4.78 is 11.3. The minimum Gasteiger partial charge on any atom is -0.494 e. The first-order valence-electron chi connectivity index (χ1n) is 8.45. The Bertz CT molecular complexity index is 517. The number of benzene rings is 1. The number of nitrogens with zero attached hydrogens (tertiary/aromatic N) is 1. The maximum atomic E-state index is 5.79. The molecule has 0 spiro atoms. The number of rotatable bonds is 7. The molecule has 5 nitrogen and oxygen atoms in total. The van der Waals surface area contributed by atoms with Gasteiger partial charge in [0.25, 0.3) is 0 Å². The van der Waals surface area contributed by atoms with Gasteiger partial charge in [-0.25, -0.2) is 0 Å². The molecule has 6 heteroatoms. The van der Waals surface area contributed by atoms with E-state index in [4.69, 9.17) is 9.47 Å². The molecular formula is C18H30IN3O2. The van der Waals surface area contributed by atoms with Gasteiger partial charge in [-0.05, 0) is 50.8 Å². The summed E-state index contributed by atoms with van der Waals surface area (Å²) >= 11 is 0. The van der Waals surface area contributed by atoms with Crippen LogP contribution in [0.15, 0.2) is 29.3 Å². The van der Waals surface area contributed by atoms with E-state index >= 15 is 0 Å². The number of ether oxygens (including phenoxy) is 2. The third-order valence-corrected chi connectivity index (χ3v) is 4.07. The van der Waals surface area contributed by atoms with Crippen molar-refractivity contribution in [2.75, 3.05) is 33.4 Å². The molecule has 0 amide bonds. The monoisotopic (exact) mass is 447 g/mol. The van der Waals surface area contributed by atoms with E-state index in [2.05, 4.69) is 34.7 Å². The highest BCUT2D eigenvalue weighted by atomic mass is 127. The largest absolute Gasteiger partial charge is 0.494 e. The molecule has 2 rings (SSSR count). The lowest BCUT2D eigenvalue weighted by Gasteiger charge is -2.24. The van der Waals surface area contributed by atoms with Gasteiger partial charge in [-0.1, -0.05) is 12.1 Å². The van der Waals surface area contributed by atoms with E-state index in [1.165, 1.54) is 5.56 Å². The van der Waals surface area contributed by atoms with Gasteiger partial charge in [0.05, 0.1) is 12.2 Å². The predicted molar refractivity (Wildman–Crippen MR) is 110 cm³/mol. The van der Waals surface area contributed by atoms with Crippen molar-refractivity contribution in [3.63, 3.8) is 0 Å². The molecule has 0 aromatic heterocycles. The lowest BCUT2D eigenvalue weighted by Crippen LogP contribution is -2.45. The molecule has 24 heavy (non-hydrogen) atoms. The fourth-order valence-electron chi connectivity index (χ4n) is 2.75. The molecule has 1 saturated heterocycles. The zero-order chi connectivity index (χ0) is 16.5. The molecule has 1 heterocycles. The molecule has 1 unspecified atom stereocenters. The van der Waals surface area contributed by atoms with E-state index in [1.54, 1.807) is 7.05 Å². The molecule has 1 aliphatic heterocycles. The third kappa shape index (κ3) is 6.84. The standard InChI is InChI=1S/C18H29N3O2.HI/c1-4-22-16-8-5-7-15(13-16)9-11-20-17(19-3)21-14-18(2)10-6-12-23-18;/h5,7-8,13H,4,6,9-12,14H2,1-3H3,(H2,19,20,21);1H. The molecule has 1 aromatic carbocycles. The van der Waals surface area contributed by atoms with E-state index in [1.807, 2.05) is 19.1 Å². The first kappa shape index (κ1) is 21.0. The van der Waals surface area contributed by atoms with Crippen LogP contribution in [0.4, 0.5) is 0 Å². The maximum Gasteiger partial charge on any atom is 0.191 e. The van der Waals surface area contributed by atoms with Crippen molar-refractivity contribution in [2.45, 2.75) is 38.7 Å². The number of hydrogen-bond donors (Lipinski definition) is 2. The molecule has 0 saturated carbocycles. The molecule has 0 aliphatic carbocycles. The third-order valence-electron chi connectivity index (χ3n) is 4.07. The Kier molecular flexibility index (Phi) is 9.43. The van der Waals surface area contributed by atoms with E-state index in [0.29, 0.717) is 6.61 Å². The quantitative estimate of drug-likeness (QED) is 0.384. The average molecular weight is 447 g/mol. The molecular weight excluding hydrogens is 417 g/mol. The van der Waals surface area contributed by atoms with Gasteiger partial charge in [-0.15, -0.1) is 24.0 Å². The van der Waals surface area contributed by atoms with Crippen molar-refractivity contribution < 1.29 is 9.47 Å². The molecule has 1 aliphatic rings. The highest BCUT2D eigenvalue weighted by Crippen LogP contribution is 2.23. The van der Waals surface area contributed by atoms with Gasteiger partial charge in [0.15, 0.2) is 5.96 Å². The van der Waals surface area contributed by atoms with Gasteiger partial charge < -0.3 is 20.1 Å². The Hall–Kier alpha value is -1.02. The second-order valence-electron chi connectivity index (χ2n) is 6.08. The number of aliphatic imine (C=N–C) groups is 1. The second kappa shape index (κ2) is 10.8. The summed E-state index contributed by atoms with van der Waals surface area (Å²) in [6, 6.07) is 8.23. The van der Waals surface area contributed by atoms with Crippen molar-refractivity contribution in [1.82, 2.24) is 10.6 Å². The number of nitrogens with one attached hydrogen (secondary N) is 2. The van der Waals surface area contributed by atoms with Crippen LogP contribution in [-0.4, -0.2) is 44.9 Å². The normalized spacial score (nSPS) is 20.4. The smallest absolute Gasteiger partial charge is 0.191 e. The van der Waals surface area contributed by atoms with Gasteiger partial charge >= 0.3 is 0 Å². The summed E-state index contributed by atoms with van der Waals surface area (Å²) in [7, 11) is 1.79. The number of halogens is 1. The Morgan fingerprint density at radius 2 is 2.21 bits per heavy atom. The first-order valence-corrected chi connectivity index (χ1v) is 8.45. The van der Waals surface area contributed by atoms with Crippen molar-refractivity contribution in [2.24, 2.45) is 4.99 Å². The number of hydrogen-bond acceptors (Lipinski definition) is 3. The molecule has 1 aromatic rings. The lowest BCUT2D eigenvalue weighted by atomic mass is 10.0. The molecule has 1 atom stereocenters. The minimum atomic E-state index is -0.0660. The van der Waals surface area contributed by atoms with Gasteiger partial charge in [0.1, 0.15) is 5.75 Å². The van der Waals surface area contributed by atoms with Gasteiger partial charge in [-0.3, -0.25) is 4.99 Å². The summed E-state index contributed by atoms with van der Waals surface area (Å²) in [5.74, 6) is 1.75. The van der Waals surface area contributed by atoms with Crippen LogP contribution in [0.3, 0.4) is 0 Å². The number of guanidine groups is 1. The van der Waals surface area contributed by atoms with Crippen molar-refractivity contribution >= 4 is 29.9 Å². The topological polar surface area (TPSA) is 54.9 Å². The van der Waals surface area contributed by atoms with E-state index in [0.717, 1.165) is 50.7 Å². The summed E-state index contributed by atoms with van der Waals surface area (Å²) in [5, 5.41) is 6.71. The Labute approximate surface area is 162 Å². The van der Waals surface area contributed by atoms with Gasteiger partial charge in [0, 0.05) is 26.7 Å². The second-order valence-corrected chi connectivity index (χ2v) is 6.08. The minimum absolute atomic E-state index is 0. The molecule has 1 fully saturated rings. The average Bonchev–Trinajstić information content (AvgIpc) is 2.98. The predicted octanol–water partition coefficient (Wildman–Crippen LogP) is 2.98. The first-order chi connectivity index (χ1) is 11.1. The summed E-state index contributed by atoms with van der Waals surface area (Å²) in [6.07, 6.45) is 3.16. The Morgan fingerprint density at radius 1 is 1.38 bits per heavy atom. The molecule has 136 valence electrons. The van der Waals surface area contributed by atoms with E-state index in [9.17, 15) is 0 Å². The molecule has 2 N–H and O–H groups in total. The van der Waals surface area contributed by atoms with E-state index in [-0.39, 0.29) is 29.6 Å². The molecule has 0 radical (unpaired) electrons. The van der Waals surface area contributed by atoms with Crippen LogP contribution in [0.1, 0.15) is 32.3 Å². The fraction of sp³-hybridized carbons (Fsp3) is 0.611. The summed E-state index contributed by atoms with van der Waals surface area (Å²) in [6.45, 7) is 7.32. The Morgan fingerprint density at radius 3 is 2.88 bits per heavy atom. The van der Waals surface area contributed by atoms with Crippen LogP contribution < -0.4 is 15.4 Å². The van der Waals surface area contributed by atoms with Crippen LogP contribution in [0.2, 0.25) is 0 Å². The SMILES string of the molecule is CCOc1cccc(CCNC(=NC)NCC2(C)CCCO2)c1.I. The zero-order valence-corrected chi connectivity index (χ0v) is 17.3. The van der Waals surface area contributed by atoms with Crippen molar-refractivity contribution in [3.8, 4) is 5.75 Å². The summed E-state index contributed by atoms with van der Waals surface area (Å²) in [4.78, 5) is 4.27. The maximum absolute atomic E-state index is 5.79. The summed E-state index contributed by atoms with van der Waals surface area (Å²) in [5.41, 5.74) is 1.19. The zero-order valence-electron chi connectivity index (χ0n) is 14.9. The molecule has 0 bridgehead atoms.